The summed E-state index contributed by atoms with van der Waals surface area (Å²) in [5, 5.41) is 17.9. The number of aromatic nitrogens is 1. The second kappa shape index (κ2) is 7.92. The van der Waals surface area contributed by atoms with Gasteiger partial charge in [-0.25, -0.2) is 4.98 Å². The first-order valence-corrected chi connectivity index (χ1v) is 10.7. The number of rotatable bonds is 5. The highest BCUT2D eigenvalue weighted by Crippen LogP contribution is 2.29. The van der Waals surface area contributed by atoms with Crippen LogP contribution in [0.25, 0.3) is 22.0 Å². The SMILES string of the molecule is O=C(CN1C(=O)c2ccc([N+](=O)[O-])cc2C1=O)Nc1nc(-c2ccc3ccccc3c2)cs1. The largest absolute Gasteiger partial charge is 0.300 e. The summed E-state index contributed by atoms with van der Waals surface area (Å²) in [5.74, 6) is -2.01. The van der Waals surface area contributed by atoms with Crippen LogP contribution in [0.3, 0.4) is 0 Å². The van der Waals surface area contributed by atoms with Crippen LogP contribution in [0.4, 0.5) is 10.8 Å². The highest BCUT2D eigenvalue weighted by Gasteiger charge is 2.37. The number of thiazole rings is 1. The monoisotopic (exact) mass is 458 g/mol. The van der Waals surface area contributed by atoms with Crippen molar-refractivity contribution in [2.45, 2.75) is 0 Å². The lowest BCUT2D eigenvalue weighted by molar-refractivity contribution is -0.384. The van der Waals surface area contributed by atoms with E-state index in [1.807, 2.05) is 42.5 Å². The van der Waals surface area contributed by atoms with Crippen LogP contribution in [-0.2, 0) is 4.79 Å². The van der Waals surface area contributed by atoms with Gasteiger partial charge in [0.05, 0.1) is 21.7 Å². The number of nitro groups is 1. The van der Waals surface area contributed by atoms with Crippen molar-refractivity contribution in [2.75, 3.05) is 11.9 Å². The lowest BCUT2D eigenvalue weighted by atomic mass is 10.1. The van der Waals surface area contributed by atoms with Gasteiger partial charge in [-0.05, 0) is 22.9 Å². The molecule has 1 aliphatic rings. The molecule has 0 atom stereocenters. The van der Waals surface area contributed by atoms with Crippen LogP contribution in [0.1, 0.15) is 20.7 Å². The number of nitro benzene ring substituents is 1. The van der Waals surface area contributed by atoms with Gasteiger partial charge in [-0.15, -0.1) is 11.3 Å². The average molecular weight is 458 g/mol. The molecule has 2 heterocycles. The van der Waals surface area contributed by atoms with Gasteiger partial charge in [-0.2, -0.15) is 0 Å². The van der Waals surface area contributed by atoms with Crippen LogP contribution in [0.15, 0.2) is 66.0 Å². The quantitative estimate of drug-likeness (QED) is 0.273. The molecular formula is C23H14N4O5S. The minimum atomic E-state index is -0.746. The molecule has 0 saturated heterocycles. The van der Waals surface area contributed by atoms with Gasteiger partial charge in [-0.3, -0.25) is 29.4 Å². The number of benzene rings is 3. The van der Waals surface area contributed by atoms with Crippen molar-refractivity contribution in [1.29, 1.82) is 0 Å². The van der Waals surface area contributed by atoms with Gasteiger partial charge < -0.3 is 5.32 Å². The van der Waals surface area contributed by atoms with Crippen molar-refractivity contribution in [3.8, 4) is 11.3 Å². The summed E-state index contributed by atoms with van der Waals surface area (Å²) in [4.78, 5) is 53.1. The van der Waals surface area contributed by atoms with Crippen LogP contribution in [0, 0.1) is 10.1 Å². The van der Waals surface area contributed by atoms with Gasteiger partial charge in [0.15, 0.2) is 5.13 Å². The fourth-order valence-electron chi connectivity index (χ4n) is 3.65. The van der Waals surface area contributed by atoms with Crippen LogP contribution in [-0.4, -0.2) is 39.1 Å². The summed E-state index contributed by atoms with van der Waals surface area (Å²) in [6.07, 6.45) is 0. The fourth-order valence-corrected chi connectivity index (χ4v) is 4.39. The van der Waals surface area contributed by atoms with E-state index < -0.39 is 29.2 Å². The first-order valence-electron chi connectivity index (χ1n) is 9.80. The second-order valence-electron chi connectivity index (χ2n) is 7.33. The van der Waals surface area contributed by atoms with Gasteiger partial charge in [0.2, 0.25) is 5.91 Å². The number of carbonyl (C=O) groups is 3. The maximum Gasteiger partial charge on any atom is 0.270 e. The first kappa shape index (κ1) is 20.5. The van der Waals surface area contributed by atoms with E-state index in [0.29, 0.717) is 10.8 Å². The molecule has 3 aromatic carbocycles. The predicted molar refractivity (Wildman–Crippen MR) is 122 cm³/mol. The van der Waals surface area contributed by atoms with Crippen molar-refractivity contribution in [1.82, 2.24) is 9.88 Å². The molecule has 5 rings (SSSR count). The van der Waals surface area contributed by atoms with Crippen molar-refractivity contribution in [3.05, 3.63) is 87.3 Å². The summed E-state index contributed by atoms with van der Waals surface area (Å²) < 4.78 is 0. The number of fused-ring (bicyclic) bond motifs is 2. The molecule has 0 unspecified atom stereocenters. The summed E-state index contributed by atoms with van der Waals surface area (Å²) in [6.45, 7) is -0.523. The molecule has 10 heteroatoms. The van der Waals surface area contributed by atoms with E-state index in [2.05, 4.69) is 10.3 Å². The molecule has 4 aromatic rings. The number of amides is 3. The Balaban J connectivity index is 1.29. The van der Waals surface area contributed by atoms with Gasteiger partial charge in [0, 0.05) is 23.1 Å². The number of hydrogen-bond acceptors (Lipinski definition) is 7. The third-order valence-electron chi connectivity index (χ3n) is 5.26. The van der Waals surface area contributed by atoms with Crippen LogP contribution < -0.4 is 5.32 Å². The molecule has 0 aliphatic carbocycles. The second-order valence-corrected chi connectivity index (χ2v) is 8.19. The van der Waals surface area contributed by atoms with E-state index in [1.165, 1.54) is 17.4 Å². The van der Waals surface area contributed by atoms with E-state index in [1.54, 1.807) is 5.38 Å². The van der Waals surface area contributed by atoms with Crippen LogP contribution >= 0.6 is 11.3 Å². The Kier molecular flexibility index (Phi) is 4.91. The van der Waals surface area contributed by atoms with Crippen LogP contribution in [0.2, 0.25) is 0 Å². The molecule has 0 saturated carbocycles. The maximum absolute atomic E-state index is 12.6. The van der Waals surface area contributed by atoms with E-state index in [9.17, 15) is 24.5 Å². The highest BCUT2D eigenvalue weighted by atomic mass is 32.1. The predicted octanol–water partition coefficient (Wildman–Crippen LogP) is 4.11. The molecule has 0 spiro atoms. The molecule has 162 valence electrons. The third-order valence-corrected chi connectivity index (χ3v) is 6.02. The Morgan fingerprint density at radius 2 is 1.76 bits per heavy atom. The van der Waals surface area contributed by atoms with Crippen molar-refractivity contribution >= 4 is 50.6 Å². The van der Waals surface area contributed by atoms with E-state index in [-0.39, 0.29) is 16.8 Å². The number of nitrogens with zero attached hydrogens (tertiary/aromatic N) is 3. The van der Waals surface area contributed by atoms with Crippen molar-refractivity contribution in [3.63, 3.8) is 0 Å². The number of hydrogen-bond donors (Lipinski definition) is 1. The van der Waals surface area contributed by atoms with Gasteiger partial charge >= 0.3 is 0 Å². The molecule has 9 nitrogen and oxygen atoms in total. The number of carbonyl (C=O) groups excluding carboxylic acids is 3. The number of non-ortho nitro benzene ring substituents is 1. The summed E-state index contributed by atoms with van der Waals surface area (Å²) in [7, 11) is 0. The van der Waals surface area contributed by atoms with E-state index in [0.717, 1.165) is 33.4 Å². The Hall–Kier alpha value is -4.44. The lowest BCUT2D eigenvalue weighted by Crippen LogP contribution is -2.37. The number of nitrogens with one attached hydrogen (secondary N) is 1. The zero-order chi connectivity index (χ0) is 23.1. The minimum Gasteiger partial charge on any atom is -0.300 e. The molecule has 3 amide bonds. The maximum atomic E-state index is 12.6. The Bertz CT molecular complexity index is 1480. The normalized spacial score (nSPS) is 12.8. The highest BCUT2D eigenvalue weighted by molar-refractivity contribution is 7.14. The number of imide groups is 1. The zero-order valence-electron chi connectivity index (χ0n) is 16.8. The van der Waals surface area contributed by atoms with Gasteiger partial charge in [0.25, 0.3) is 17.5 Å². The molecule has 33 heavy (non-hydrogen) atoms. The Morgan fingerprint density at radius 3 is 2.55 bits per heavy atom. The van der Waals surface area contributed by atoms with Gasteiger partial charge in [0.1, 0.15) is 6.54 Å². The molecule has 0 fully saturated rings. The topological polar surface area (TPSA) is 123 Å². The third kappa shape index (κ3) is 3.72. The van der Waals surface area contributed by atoms with E-state index in [4.69, 9.17) is 0 Å². The zero-order valence-corrected chi connectivity index (χ0v) is 17.7. The van der Waals surface area contributed by atoms with Gasteiger partial charge in [-0.1, -0.05) is 36.4 Å². The lowest BCUT2D eigenvalue weighted by Gasteiger charge is -2.12. The van der Waals surface area contributed by atoms with Crippen LogP contribution in [0.5, 0.6) is 0 Å². The molecular weight excluding hydrogens is 444 g/mol. The fraction of sp³-hybridized carbons (Fsp3) is 0.0435. The minimum absolute atomic E-state index is 0.0336. The Labute approximate surface area is 190 Å². The summed E-state index contributed by atoms with van der Waals surface area (Å²) in [5.41, 5.74) is 1.23. The Morgan fingerprint density at radius 1 is 1.00 bits per heavy atom. The molecule has 0 radical (unpaired) electrons. The smallest absolute Gasteiger partial charge is 0.270 e. The first-order chi connectivity index (χ1) is 15.9. The standard InChI is InChI=1S/C23H14N4O5S/c28-20(11-26-21(29)17-8-7-16(27(31)32)10-18(17)22(26)30)25-23-24-19(12-33-23)15-6-5-13-3-1-2-4-14(13)9-15/h1-10,12H,11H2,(H,24,25,28). The van der Waals surface area contributed by atoms with Crippen molar-refractivity contribution < 1.29 is 19.3 Å². The summed E-state index contributed by atoms with van der Waals surface area (Å²) >= 11 is 1.22. The van der Waals surface area contributed by atoms with E-state index >= 15 is 0 Å². The molecule has 1 N–H and O–H groups in total. The average Bonchev–Trinajstić information content (AvgIpc) is 3.37. The summed E-state index contributed by atoms with van der Waals surface area (Å²) in [6, 6.07) is 17.3. The van der Waals surface area contributed by atoms with Crippen molar-refractivity contribution in [2.24, 2.45) is 0 Å². The molecule has 1 aromatic heterocycles. The molecule has 1 aliphatic heterocycles. The molecule has 0 bridgehead atoms. The number of anilines is 1.